The Hall–Kier alpha value is -1.30. The Morgan fingerprint density at radius 3 is 2.58 bits per heavy atom. The molecule has 1 saturated heterocycles. The van der Waals surface area contributed by atoms with Gasteiger partial charge in [0.05, 0.1) is 5.41 Å². The Morgan fingerprint density at radius 1 is 1.37 bits per heavy atom. The highest BCUT2D eigenvalue weighted by Crippen LogP contribution is 2.45. The van der Waals surface area contributed by atoms with E-state index in [-0.39, 0.29) is 12.6 Å². The van der Waals surface area contributed by atoms with Crippen LogP contribution >= 0.6 is 0 Å². The molecule has 2 N–H and O–H groups in total. The van der Waals surface area contributed by atoms with E-state index in [9.17, 15) is 9.59 Å². The third-order valence-electron chi connectivity index (χ3n) is 4.42. The summed E-state index contributed by atoms with van der Waals surface area (Å²) in [7, 11) is 2.08. The summed E-state index contributed by atoms with van der Waals surface area (Å²) in [6.45, 7) is 4.67. The molecule has 1 aliphatic carbocycles. The van der Waals surface area contributed by atoms with Gasteiger partial charge in [0.1, 0.15) is 0 Å². The molecule has 1 aliphatic heterocycles. The number of nitrogens with one attached hydrogen (secondary N) is 1. The van der Waals surface area contributed by atoms with Crippen molar-refractivity contribution in [2.75, 3.05) is 33.2 Å². The SMILES string of the molecule is CCC1CN(C(=O)NCC2(C(=O)O)CC2)CCN1C. The smallest absolute Gasteiger partial charge is 0.317 e. The molecule has 0 radical (unpaired) electrons. The maximum Gasteiger partial charge on any atom is 0.317 e. The van der Waals surface area contributed by atoms with E-state index < -0.39 is 11.4 Å². The number of carbonyl (C=O) groups excluding carboxylic acids is 1. The second-order valence-electron chi connectivity index (χ2n) is 5.73. The summed E-state index contributed by atoms with van der Waals surface area (Å²) in [5.74, 6) is -0.794. The van der Waals surface area contributed by atoms with Crippen LogP contribution in [0.4, 0.5) is 4.79 Å². The molecule has 2 aliphatic rings. The van der Waals surface area contributed by atoms with Crippen LogP contribution in [0.5, 0.6) is 0 Å². The first-order chi connectivity index (χ1) is 8.98. The predicted molar refractivity (Wildman–Crippen MR) is 71.0 cm³/mol. The fraction of sp³-hybridized carbons (Fsp3) is 0.846. The molecule has 2 fully saturated rings. The van der Waals surface area contributed by atoms with Crippen molar-refractivity contribution in [3.05, 3.63) is 0 Å². The maximum absolute atomic E-state index is 12.1. The molecule has 0 aromatic rings. The molecule has 1 saturated carbocycles. The normalized spacial score (nSPS) is 26.0. The molecule has 0 aromatic heterocycles. The average molecular weight is 269 g/mol. The Labute approximate surface area is 113 Å². The minimum Gasteiger partial charge on any atom is -0.481 e. The van der Waals surface area contributed by atoms with E-state index in [0.29, 0.717) is 25.4 Å². The lowest BCUT2D eigenvalue weighted by Gasteiger charge is -2.39. The molecule has 2 rings (SSSR count). The number of nitrogens with zero attached hydrogens (tertiary/aromatic N) is 2. The third-order valence-corrected chi connectivity index (χ3v) is 4.42. The van der Waals surface area contributed by atoms with E-state index >= 15 is 0 Å². The van der Waals surface area contributed by atoms with E-state index in [2.05, 4.69) is 24.2 Å². The zero-order valence-corrected chi connectivity index (χ0v) is 11.7. The quantitative estimate of drug-likeness (QED) is 0.783. The molecule has 6 nitrogen and oxygen atoms in total. The minimum absolute atomic E-state index is 0.126. The number of rotatable bonds is 4. The lowest BCUT2D eigenvalue weighted by molar-refractivity contribution is -0.143. The zero-order valence-electron chi connectivity index (χ0n) is 11.7. The van der Waals surface area contributed by atoms with Crippen LogP contribution in [0.1, 0.15) is 26.2 Å². The van der Waals surface area contributed by atoms with Gasteiger partial charge in [-0.05, 0) is 26.3 Å². The summed E-state index contributed by atoms with van der Waals surface area (Å²) in [6, 6.07) is 0.271. The summed E-state index contributed by atoms with van der Waals surface area (Å²) < 4.78 is 0. The van der Waals surface area contributed by atoms with Gasteiger partial charge in [0.25, 0.3) is 0 Å². The largest absolute Gasteiger partial charge is 0.481 e. The summed E-state index contributed by atoms with van der Waals surface area (Å²) in [6.07, 6.45) is 2.35. The number of aliphatic carboxylic acids is 1. The van der Waals surface area contributed by atoms with Gasteiger partial charge in [-0.3, -0.25) is 9.69 Å². The van der Waals surface area contributed by atoms with Crippen molar-refractivity contribution >= 4 is 12.0 Å². The summed E-state index contributed by atoms with van der Waals surface area (Å²) in [5.41, 5.74) is -0.688. The van der Waals surface area contributed by atoms with Crippen LogP contribution in [0, 0.1) is 5.41 Å². The lowest BCUT2D eigenvalue weighted by atomic mass is 10.1. The summed E-state index contributed by atoms with van der Waals surface area (Å²) in [5, 5.41) is 11.9. The first kappa shape index (κ1) is 14.1. The first-order valence-corrected chi connectivity index (χ1v) is 6.95. The second-order valence-corrected chi connectivity index (χ2v) is 5.73. The number of carboxylic acids is 1. The number of carboxylic acid groups (broad SMARTS) is 1. The topological polar surface area (TPSA) is 72.9 Å². The van der Waals surface area contributed by atoms with Crippen molar-refractivity contribution in [1.82, 2.24) is 15.1 Å². The number of likely N-dealkylation sites (N-methyl/N-ethyl adjacent to an activating group) is 1. The Balaban J connectivity index is 1.82. The first-order valence-electron chi connectivity index (χ1n) is 6.95. The van der Waals surface area contributed by atoms with Crippen LogP contribution in [0.15, 0.2) is 0 Å². The highest BCUT2D eigenvalue weighted by Gasteiger charge is 2.50. The van der Waals surface area contributed by atoms with Gasteiger partial charge in [-0.1, -0.05) is 6.92 Å². The fourth-order valence-corrected chi connectivity index (χ4v) is 2.55. The van der Waals surface area contributed by atoms with Gasteiger partial charge in [0.2, 0.25) is 0 Å². The highest BCUT2D eigenvalue weighted by atomic mass is 16.4. The Kier molecular flexibility index (Phi) is 3.99. The van der Waals surface area contributed by atoms with Gasteiger partial charge in [0, 0.05) is 32.2 Å². The Morgan fingerprint density at radius 2 is 2.05 bits per heavy atom. The third kappa shape index (κ3) is 3.00. The molecule has 19 heavy (non-hydrogen) atoms. The standard InChI is InChI=1S/C13H23N3O3/c1-3-10-8-16(7-6-15(10)2)12(19)14-9-13(4-5-13)11(17)18/h10H,3-9H2,1-2H3,(H,14,19)(H,17,18). The average Bonchev–Trinajstić information content (AvgIpc) is 3.17. The molecule has 2 amide bonds. The van der Waals surface area contributed by atoms with Crippen molar-refractivity contribution in [1.29, 1.82) is 0 Å². The van der Waals surface area contributed by atoms with Gasteiger partial charge < -0.3 is 15.3 Å². The van der Waals surface area contributed by atoms with Crippen LogP contribution < -0.4 is 5.32 Å². The predicted octanol–water partition coefficient (Wildman–Crippen LogP) is 0.587. The van der Waals surface area contributed by atoms with E-state index in [4.69, 9.17) is 5.11 Å². The molecule has 0 aromatic carbocycles. The molecular weight excluding hydrogens is 246 g/mol. The molecule has 1 heterocycles. The molecule has 0 spiro atoms. The van der Waals surface area contributed by atoms with E-state index in [0.717, 1.165) is 19.5 Å². The molecular formula is C13H23N3O3. The molecule has 1 atom stereocenters. The molecule has 6 heteroatoms. The minimum atomic E-state index is -0.794. The van der Waals surface area contributed by atoms with Crippen LogP contribution in [-0.2, 0) is 4.79 Å². The number of urea groups is 1. The van der Waals surface area contributed by atoms with Gasteiger partial charge in [-0.25, -0.2) is 4.79 Å². The lowest BCUT2D eigenvalue weighted by Crippen LogP contribution is -2.55. The second kappa shape index (κ2) is 5.36. The number of carbonyl (C=O) groups is 2. The van der Waals surface area contributed by atoms with Gasteiger partial charge >= 0.3 is 12.0 Å². The van der Waals surface area contributed by atoms with Gasteiger partial charge in [0.15, 0.2) is 0 Å². The van der Waals surface area contributed by atoms with Gasteiger partial charge in [-0.15, -0.1) is 0 Å². The molecule has 0 bridgehead atoms. The summed E-state index contributed by atoms with van der Waals surface area (Å²) >= 11 is 0. The van der Waals surface area contributed by atoms with E-state index in [1.54, 1.807) is 4.90 Å². The van der Waals surface area contributed by atoms with E-state index in [1.807, 2.05) is 0 Å². The number of amides is 2. The van der Waals surface area contributed by atoms with Crippen molar-refractivity contribution in [3.63, 3.8) is 0 Å². The number of piperazine rings is 1. The van der Waals surface area contributed by atoms with Crippen LogP contribution in [0.3, 0.4) is 0 Å². The van der Waals surface area contributed by atoms with Crippen molar-refractivity contribution in [2.24, 2.45) is 5.41 Å². The Bertz CT molecular complexity index is 368. The zero-order chi connectivity index (χ0) is 14.0. The number of hydrogen-bond donors (Lipinski definition) is 2. The van der Waals surface area contributed by atoms with Crippen LogP contribution in [0.2, 0.25) is 0 Å². The van der Waals surface area contributed by atoms with Crippen LogP contribution in [-0.4, -0.2) is 66.2 Å². The van der Waals surface area contributed by atoms with Gasteiger partial charge in [-0.2, -0.15) is 0 Å². The van der Waals surface area contributed by atoms with E-state index in [1.165, 1.54) is 0 Å². The van der Waals surface area contributed by atoms with Crippen molar-refractivity contribution in [2.45, 2.75) is 32.2 Å². The monoisotopic (exact) mass is 269 g/mol. The fourth-order valence-electron chi connectivity index (χ4n) is 2.55. The summed E-state index contributed by atoms with van der Waals surface area (Å²) in [4.78, 5) is 27.2. The highest BCUT2D eigenvalue weighted by molar-refractivity contribution is 5.80. The van der Waals surface area contributed by atoms with Crippen molar-refractivity contribution in [3.8, 4) is 0 Å². The molecule has 1 unspecified atom stereocenters. The maximum atomic E-state index is 12.1. The number of hydrogen-bond acceptors (Lipinski definition) is 3. The van der Waals surface area contributed by atoms with Crippen molar-refractivity contribution < 1.29 is 14.7 Å². The molecule has 108 valence electrons. The van der Waals surface area contributed by atoms with Crippen LogP contribution in [0.25, 0.3) is 0 Å².